The van der Waals surface area contributed by atoms with Crippen molar-refractivity contribution in [3.05, 3.63) is 53.6 Å². The van der Waals surface area contributed by atoms with Crippen molar-refractivity contribution < 1.29 is 19.1 Å². The van der Waals surface area contributed by atoms with Crippen molar-refractivity contribution in [3.8, 4) is 11.5 Å². The minimum atomic E-state index is -0.607. The van der Waals surface area contributed by atoms with Crippen LogP contribution in [0.4, 0.5) is 5.69 Å². The van der Waals surface area contributed by atoms with Gasteiger partial charge in [-0.05, 0) is 23.8 Å². The first-order valence-electron chi connectivity index (χ1n) is 7.96. The largest absolute Gasteiger partial charge is 0.496 e. The first-order valence-corrected chi connectivity index (χ1v) is 7.96. The minimum Gasteiger partial charge on any atom is -0.496 e. The van der Waals surface area contributed by atoms with Gasteiger partial charge in [-0.2, -0.15) is 0 Å². The molecule has 0 aromatic heterocycles. The predicted molar refractivity (Wildman–Crippen MR) is 94.4 cm³/mol. The van der Waals surface area contributed by atoms with Crippen molar-refractivity contribution in [3.63, 3.8) is 0 Å². The van der Waals surface area contributed by atoms with Crippen LogP contribution in [0, 0.1) is 0 Å². The van der Waals surface area contributed by atoms with Gasteiger partial charge in [0.2, 0.25) is 5.91 Å². The van der Waals surface area contributed by atoms with Crippen molar-refractivity contribution in [1.29, 1.82) is 0 Å². The Hall–Kier alpha value is -3.02. The van der Waals surface area contributed by atoms with Crippen LogP contribution in [-0.4, -0.2) is 39.1 Å². The first kappa shape index (κ1) is 16.8. The van der Waals surface area contributed by atoms with Crippen LogP contribution in [0.3, 0.4) is 0 Å². The number of benzene rings is 2. The van der Waals surface area contributed by atoms with Crippen molar-refractivity contribution in [2.24, 2.45) is 0 Å². The number of anilines is 1. The molecule has 130 valence electrons. The highest BCUT2D eigenvalue weighted by Crippen LogP contribution is 2.37. The van der Waals surface area contributed by atoms with Crippen molar-refractivity contribution >= 4 is 17.5 Å². The highest BCUT2D eigenvalue weighted by Gasteiger charge is 2.39. The molecule has 6 heteroatoms. The third-order valence-corrected chi connectivity index (χ3v) is 4.39. The summed E-state index contributed by atoms with van der Waals surface area (Å²) in [7, 11) is 4.57. The fourth-order valence-electron chi connectivity index (χ4n) is 3.20. The number of fused-ring (bicyclic) bond motifs is 1. The Morgan fingerprint density at radius 1 is 1.04 bits per heavy atom. The molecule has 1 N–H and O–H groups in total. The molecule has 3 rings (SSSR count). The fourth-order valence-corrected chi connectivity index (χ4v) is 3.20. The molecule has 6 nitrogen and oxygen atoms in total. The molecule has 1 atom stereocenters. The number of hydrogen-bond donors (Lipinski definition) is 1. The Kier molecular flexibility index (Phi) is 4.61. The van der Waals surface area contributed by atoms with E-state index in [1.165, 1.54) is 19.1 Å². The average Bonchev–Trinajstić information content (AvgIpc) is 3.05. The molecular weight excluding hydrogens is 320 g/mol. The molecule has 0 saturated carbocycles. The molecule has 0 saturated heterocycles. The minimum absolute atomic E-state index is 0.210. The zero-order chi connectivity index (χ0) is 18.0. The topological polar surface area (TPSA) is 67.9 Å². The van der Waals surface area contributed by atoms with Gasteiger partial charge in [-0.3, -0.25) is 14.5 Å². The normalized spacial score (nSPS) is 15.5. The molecule has 0 radical (unpaired) electrons. The molecule has 2 aromatic rings. The van der Waals surface area contributed by atoms with Gasteiger partial charge in [0.1, 0.15) is 23.1 Å². The van der Waals surface area contributed by atoms with Gasteiger partial charge < -0.3 is 14.8 Å². The quantitative estimate of drug-likeness (QED) is 0.925. The fraction of sp³-hybridized carbons (Fsp3) is 0.263. The van der Waals surface area contributed by atoms with E-state index < -0.39 is 6.04 Å². The Morgan fingerprint density at radius 2 is 1.68 bits per heavy atom. The van der Waals surface area contributed by atoms with E-state index in [2.05, 4.69) is 5.32 Å². The number of carbonyl (C=O) groups is 2. The average molecular weight is 340 g/mol. The van der Waals surface area contributed by atoms with Gasteiger partial charge in [-0.15, -0.1) is 0 Å². The van der Waals surface area contributed by atoms with E-state index in [1.807, 2.05) is 24.3 Å². The third-order valence-electron chi connectivity index (χ3n) is 4.39. The lowest BCUT2D eigenvalue weighted by molar-refractivity contribution is -0.121. The van der Waals surface area contributed by atoms with Crippen LogP contribution >= 0.6 is 0 Å². The molecule has 0 spiro atoms. The zero-order valence-corrected chi connectivity index (χ0v) is 14.4. The van der Waals surface area contributed by atoms with Gasteiger partial charge >= 0.3 is 0 Å². The number of methoxy groups -OCH3 is 2. The summed E-state index contributed by atoms with van der Waals surface area (Å²) in [6.45, 7) is 0. The maximum Gasteiger partial charge on any atom is 0.266 e. The summed E-state index contributed by atoms with van der Waals surface area (Å²) in [5, 5.41) is 2.64. The van der Waals surface area contributed by atoms with Gasteiger partial charge in [0.15, 0.2) is 0 Å². The van der Waals surface area contributed by atoms with Gasteiger partial charge in [0.05, 0.1) is 14.2 Å². The van der Waals surface area contributed by atoms with Crippen molar-refractivity contribution in [2.45, 2.75) is 12.5 Å². The van der Waals surface area contributed by atoms with Crippen molar-refractivity contribution in [2.75, 3.05) is 26.2 Å². The maximum atomic E-state index is 13.4. The predicted octanol–water partition coefficient (Wildman–Crippen LogP) is 2.02. The summed E-state index contributed by atoms with van der Waals surface area (Å²) in [4.78, 5) is 27.3. The molecule has 25 heavy (non-hydrogen) atoms. The second-order valence-corrected chi connectivity index (χ2v) is 5.68. The standard InChI is InChI=1S/C19H20N2O4/c1-20-18(22)14-11-12-7-4-5-8-13(12)21(14)19(23)17-15(24-2)9-6-10-16(17)25-3/h4-10,14H,11H2,1-3H3,(H,20,22). The van der Waals surface area contributed by atoms with Crippen LogP contribution in [0.2, 0.25) is 0 Å². The van der Waals surface area contributed by atoms with Gasteiger partial charge in [-0.25, -0.2) is 0 Å². The summed E-state index contributed by atoms with van der Waals surface area (Å²) in [5.74, 6) is 0.278. The number of carbonyl (C=O) groups excluding carboxylic acids is 2. The lowest BCUT2D eigenvalue weighted by Crippen LogP contribution is -2.47. The molecule has 0 aliphatic carbocycles. The van der Waals surface area contributed by atoms with Crippen LogP contribution in [-0.2, 0) is 11.2 Å². The van der Waals surface area contributed by atoms with Crippen molar-refractivity contribution in [1.82, 2.24) is 5.32 Å². The Bertz CT molecular complexity index is 797. The number of rotatable bonds is 4. The summed E-state index contributed by atoms with van der Waals surface area (Å²) < 4.78 is 10.7. The molecule has 2 amide bonds. The molecule has 2 aromatic carbocycles. The van der Waals surface area contributed by atoms with Crippen LogP contribution in [0.25, 0.3) is 0 Å². The lowest BCUT2D eigenvalue weighted by Gasteiger charge is -2.26. The molecule has 1 heterocycles. The van der Waals surface area contributed by atoms with E-state index in [4.69, 9.17) is 9.47 Å². The van der Waals surface area contributed by atoms with E-state index in [0.717, 1.165) is 11.3 Å². The zero-order valence-electron chi connectivity index (χ0n) is 14.4. The number of ether oxygens (including phenoxy) is 2. The molecule has 0 fully saturated rings. The summed E-state index contributed by atoms with van der Waals surface area (Å²) >= 11 is 0. The summed E-state index contributed by atoms with van der Waals surface area (Å²) in [6.07, 6.45) is 0.471. The first-order chi connectivity index (χ1) is 12.1. The Balaban J connectivity index is 2.13. The monoisotopic (exact) mass is 340 g/mol. The molecular formula is C19H20N2O4. The molecule has 0 bridgehead atoms. The van der Waals surface area contributed by atoms with E-state index in [0.29, 0.717) is 23.5 Å². The second-order valence-electron chi connectivity index (χ2n) is 5.68. The Labute approximate surface area is 146 Å². The third kappa shape index (κ3) is 2.80. The molecule has 1 aliphatic heterocycles. The smallest absolute Gasteiger partial charge is 0.266 e. The number of nitrogens with zero attached hydrogens (tertiary/aromatic N) is 1. The summed E-state index contributed by atoms with van der Waals surface area (Å²) in [5.41, 5.74) is 1.99. The van der Waals surface area contributed by atoms with Gasteiger partial charge in [-0.1, -0.05) is 24.3 Å². The second kappa shape index (κ2) is 6.84. The number of amides is 2. The van der Waals surface area contributed by atoms with Crippen LogP contribution in [0.5, 0.6) is 11.5 Å². The van der Waals surface area contributed by atoms with Crippen LogP contribution in [0.15, 0.2) is 42.5 Å². The van der Waals surface area contributed by atoms with E-state index in [9.17, 15) is 9.59 Å². The summed E-state index contributed by atoms with van der Waals surface area (Å²) in [6, 6.07) is 12.1. The maximum absolute atomic E-state index is 13.4. The van der Waals surface area contributed by atoms with Gasteiger partial charge in [0.25, 0.3) is 5.91 Å². The highest BCUT2D eigenvalue weighted by atomic mass is 16.5. The van der Waals surface area contributed by atoms with Gasteiger partial charge in [0, 0.05) is 19.2 Å². The van der Waals surface area contributed by atoms with Crippen LogP contribution < -0.4 is 19.7 Å². The number of likely N-dealkylation sites (N-methyl/N-ethyl adjacent to an activating group) is 1. The lowest BCUT2D eigenvalue weighted by atomic mass is 10.1. The van der Waals surface area contributed by atoms with E-state index >= 15 is 0 Å². The van der Waals surface area contributed by atoms with E-state index in [1.54, 1.807) is 25.2 Å². The SMILES string of the molecule is CNC(=O)C1Cc2ccccc2N1C(=O)c1c(OC)cccc1OC. The molecule has 1 unspecified atom stereocenters. The Morgan fingerprint density at radius 3 is 2.28 bits per heavy atom. The molecule has 1 aliphatic rings. The number of nitrogens with one attached hydrogen (secondary N) is 1. The van der Waals surface area contributed by atoms with E-state index in [-0.39, 0.29) is 11.8 Å². The van der Waals surface area contributed by atoms with Crippen LogP contribution in [0.1, 0.15) is 15.9 Å². The number of hydrogen-bond acceptors (Lipinski definition) is 4. The number of para-hydroxylation sites is 1. The highest BCUT2D eigenvalue weighted by molar-refractivity contribution is 6.14.